The molecule has 4 nitrogen and oxygen atoms in total. The number of para-hydroxylation sites is 1. The van der Waals surface area contributed by atoms with Gasteiger partial charge in [0.15, 0.2) is 0 Å². The summed E-state index contributed by atoms with van der Waals surface area (Å²) in [5.74, 6) is 0.385. The van der Waals surface area contributed by atoms with Crippen molar-refractivity contribution < 1.29 is 4.79 Å². The molecule has 4 rings (SSSR count). The van der Waals surface area contributed by atoms with Crippen LogP contribution in [0.3, 0.4) is 0 Å². The Kier molecular flexibility index (Phi) is 2.93. The van der Waals surface area contributed by atoms with E-state index in [2.05, 4.69) is 23.3 Å². The number of hydrogen-bond acceptors (Lipinski definition) is 3. The summed E-state index contributed by atoms with van der Waals surface area (Å²) < 4.78 is 0. The number of pyridine rings is 1. The van der Waals surface area contributed by atoms with Gasteiger partial charge in [0.05, 0.1) is 11.2 Å². The second-order valence-corrected chi connectivity index (χ2v) is 6.18. The highest BCUT2D eigenvalue weighted by Gasteiger charge is 2.31. The number of nitrogens with one attached hydrogen (secondary N) is 1. The number of aromatic nitrogens is 1. The van der Waals surface area contributed by atoms with Gasteiger partial charge >= 0.3 is 0 Å². The molecule has 0 unspecified atom stereocenters. The predicted molar refractivity (Wildman–Crippen MR) is 83.1 cm³/mol. The third kappa shape index (κ3) is 2.29. The zero-order valence-corrected chi connectivity index (χ0v) is 12.2. The summed E-state index contributed by atoms with van der Waals surface area (Å²) in [5.41, 5.74) is 4.29. The number of likely N-dealkylation sites (N-methyl/N-ethyl adjacent to an activating group) is 1. The first-order chi connectivity index (χ1) is 10.2. The second kappa shape index (κ2) is 4.81. The summed E-state index contributed by atoms with van der Waals surface area (Å²) in [6.45, 7) is 1.88. The Bertz CT molecular complexity index is 721. The number of carbonyl (C=O) groups is 1. The molecular formula is C17H19N3O. The molecule has 0 radical (unpaired) electrons. The lowest BCUT2D eigenvalue weighted by atomic mass is 10.00. The number of anilines is 1. The average Bonchev–Trinajstić information content (AvgIpc) is 3.32. The minimum Gasteiger partial charge on any atom is -0.325 e. The monoisotopic (exact) mass is 281 g/mol. The normalized spacial score (nSPS) is 18.5. The van der Waals surface area contributed by atoms with Crippen LogP contribution in [0, 0.1) is 5.92 Å². The molecule has 0 atom stereocenters. The van der Waals surface area contributed by atoms with Gasteiger partial charge in [0.1, 0.15) is 0 Å². The standard InChI is InChI=1S/C17H19N3O/c1-20-9-8-15-13(10-20)16(19-17(21)11-6-7-11)12-4-2-3-5-14(12)18-15/h2-5,11H,6-10H2,1H3,(H,18,19,21). The Morgan fingerprint density at radius 3 is 2.95 bits per heavy atom. The van der Waals surface area contributed by atoms with Crippen LogP contribution >= 0.6 is 0 Å². The Hall–Kier alpha value is -1.94. The molecule has 2 aromatic rings. The first kappa shape index (κ1) is 12.8. The van der Waals surface area contributed by atoms with E-state index in [1.807, 2.05) is 18.2 Å². The molecule has 4 heteroatoms. The van der Waals surface area contributed by atoms with Crippen molar-refractivity contribution in [3.63, 3.8) is 0 Å². The van der Waals surface area contributed by atoms with Crippen molar-refractivity contribution in [3.8, 4) is 0 Å². The molecule has 1 N–H and O–H groups in total. The fourth-order valence-electron chi connectivity index (χ4n) is 3.04. The predicted octanol–water partition coefficient (Wildman–Crippen LogP) is 2.57. The quantitative estimate of drug-likeness (QED) is 0.920. The third-order valence-electron chi connectivity index (χ3n) is 4.43. The number of carbonyl (C=O) groups excluding carboxylic acids is 1. The average molecular weight is 281 g/mol. The van der Waals surface area contributed by atoms with Crippen molar-refractivity contribution in [3.05, 3.63) is 35.5 Å². The van der Waals surface area contributed by atoms with Crippen LogP contribution in [0.5, 0.6) is 0 Å². The van der Waals surface area contributed by atoms with Crippen molar-refractivity contribution in [1.29, 1.82) is 0 Å². The summed E-state index contributed by atoms with van der Waals surface area (Å²) in [7, 11) is 2.12. The molecule has 1 amide bonds. The fourth-order valence-corrected chi connectivity index (χ4v) is 3.04. The molecule has 2 aliphatic rings. The molecule has 1 saturated carbocycles. The van der Waals surface area contributed by atoms with Crippen LogP contribution in [0.15, 0.2) is 24.3 Å². The van der Waals surface area contributed by atoms with Gasteiger partial charge in [0.25, 0.3) is 0 Å². The van der Waals surface area contributed by atoms with Gasteiger partial charge in [-0.05, 0) is 26.0 Å². The highest BCUT2D eigenvalue weighted by atomic mass is 16.2. The van der Waals surface area contributed by atoms with Gasteiger partial charge in [-0.15, -0.1) is 0 Å². The lowest BCUT2D eigenvalue weighted by Gasteiger charge is -2.27. The summed E-state index contributed by atoms with van der Waals surface area (Å²) in [6, 6.07) is 8.10. The summed E-state index contributed by atoms with van der Waals surface area (Å²) >= 11 is 0. The number of fused-ring (bicyclic) bond motifs is 2. The minimum absolute atomic E-state index is 0.168. The zero-order chi connectivity index (χ0) is 14.4. The fraction of sp³-hybridized carbons (Fsp3) is 0.412. The van der Waals surface area contributed by atoms with Gasteiger partial charge in [-0.25, -0.2) is 0 Å². The third-order valence-corrected chi connectivity index (χ3v) is 4.43. The lowest BCUT2D eigenvalue weighted by molar-refractivity contribution is -0.117. The molecular weight excluding hydrogens is 262 g/mol. The van der Waals surface area contributed by atoms with E-state index in [1.54, 1.807) is 0 Å². The molecule has 1 aliphatic carbocycles. The summed E-state index contributed by atoms with van der Waals surface area (Å²) in [6.07, 6.45) is 3.00. The highest BCUT2D eigenvalue weighted by Crippen LogP contribution is 2.35. The van der Waals surface area contributed by atoms with Crippen molar-refractivity contribution in [2.24, 2.45) is 5.92 Å². The van der Waals surface area contributed by atoms with Crippen LogP contribution < -0.4 is 5.32 Å². The number of rotatable bonds is 2. The molecule has 1 aliphatic heterocycles. The van der Waals surface area contributed by atoms with Crippen molar-refractivity contribution in [1.82, 2.24) is 9.88 Å². The van der Waals surface area contributed by atoms with E-state index in [1.165, 1.54) is 5.56 Å². The van der Waals surface area contributed by atoms with Gasteiger partial charge in [-0.3, -0.25) is 9.78 Å². The van der Waals surface area contributed by atoms with Crippen molar-refractivity contribution in [2.45, 2.75) is 25.8 Å². The number of nitrogens with zero attached hydrogens (tertiary/aromatic N) is 2. The zero-order valence-electron chi connectivity index (χ0n) is 12.2. The maximum atomic E-state index is 12.2. The number of benzene rings is 1. The molecule has 0 spiro atoms. The largest absolute Gasteiger partial charge is 0.325 e. The van der Waals surface area contributed by atoms with Crippen LogP contribution in [-0.4, -0.2) is 29.4 Å². The molecule has 21 heavy (non-hydrogen) atoms. The van der Waals surface area contributed by atoms with E-state index >= 15 is 0 Å². The topological polar surface area (TPSA) is 45.2 Å². The van der Waals surface area contributed by atoms with E-state index < -0.39 is 0 Å². The first-order valence-electron chi connectivity index (χ1n) is 7.62. The van der Waals surface area contributed by atoms with Gasteiger partial charge < -0.3 is 10.2 Å². The van der Waals surface area contributed by atoms with Gasteiger partial charge in [0, 0.05) is 42.1 Å². The Morgan fingerprint density at radius 2 is 2.14 bits per heavy atom. The molecule has 1 fully saturated rings. The number of hydrogen-bond donors (Lipinski definition) is 1. The van der Waals surface area contributed by atoms with Crippen LogP contribution in [-0.2, 0) is 17.8 Å². The molecule has 1 aromatic heterocycles. The van der Waals surface area contributed by atoms with Crippen molar-refractivity contribution in [2.75, 3.05) is 18.9 Å². The van der Waals surface area contributed by atoms with E-state index in [0.717, 1.165) is 54.6 Å². The highest BCUT2D eigenvalue weighted by molar-refractivity contribution is 6.03. The SMILES string of the molecule is CN1CCc2nc3ccccc3c(NC(=O)C3CC3)c2C1. The van der Waals surface area contributed by atoms with Crippen LogP contribution in [0.2, 0.25) is 0 Å². The van der Waals surface area contributed by atoms with E-state index in [-0.39, 0.29) is 11.8 Å². The number of amides is 1. The summed E-state index contributed by atoms with van der Waals surface area (Å²) in [5, 5.41) is 4.25. The van der Waals surface area contributed by atoms with Crippen LogP contribution in [0.25, 0.3) is 10.9 Å². The smallest absolute Gasteiger partial charge is 0.227 e. The van der Waals surface area contributed by atoms with Gasteiger partial charge in [0.2, 0.25) is 5.91 Å². The van der Waals surface area contributed by atoms with Gasteiger partial charge in [-0.1, -0.05) is 18.2 Å². The Morgan fingerprint density at radius 1 is 1.33 bits per heavy atom. The van der Waals surface area contributed by atoms with E-state index in [9.17, 15) is 4.79 Å². The van der Waals surface area contributed by atoms with E-state index in [0.29, 0.717) is 0 Å². The first-order valence-corrected chi connectivity index (χ1v) is 7.62. The van der Waals surface area contributed by atoms with Crippen LogP contribution in [0.1, 0.15) is 24.1 Å². The maximum absolute atomic E-state index is 12.2. The molecule has 0 saturated heterocycles. The Balaban J connectivity index is 1.87. The van der Waals surface area contributed by atoms with Gasteiger partial charge in [-0.2, -0.15) is 0 Å². The summed E-state index contributed by atoms with van der Waals surface area (Å²) in [4.78, 5) is 19.3. The Labute approximate surface area is 124 Å². The molecule has 1 aromatic carbocycles. The molecule has 2 heterocycles. The minimum atomic E-state index is 0.168. The maximum Gasteiger partial charge on any atom is 0.227 e. The molecule has 108 valence electrons. The molecule has 0 bridgehead atoms. The van der Waals surface area contributed by atoms with Crippen LogP contribution in [0.4, 0.5) is 5.69 Å². The van der Waals surface area contributed by atoms with Crippen molar-refractivity contribution >= 4 is 22.5 Å². The van der Waals surface area contributed by atoms with E-state index in [4.69, 9.17) is 4.98 Å². The lowest BCUT2D eigenvalue weighted by Crippen LogP contribution is -2.29. The second-order valence-electron chi connectivity index (χ2n) is 6.18.